The molecular weight excluding hydrogens is 370 g/mol. The highest BCUT2D eigenvalue weighted by atomic mass is 32.2. The van der Waals surface area contributed by atoms with Crippen molar-refractivity contribution in [3.05, 3.63) is 41.5 Å². The predicted octanol–water partition coefficient (Wildman–Crippen LogP) is 2.24. The van der Waals surface area contributed by atoms with Crippen LogP contribution in [0.3, 0.4) is 0 Å². The number of rotatable bonds is 7. The number of aromatic nitrogens is 2. The number of aryl methyl sites for hydroxylation is 1. The molecule has 0 aliphatic carbocycles. The van der Waals surface area contributed by atoms with Crippen LogP contribution in [0.2, 0.25) is 0 Å². The van der Waals surface area contributed by atoms with Crippen molar-refractivity contribution >= 4 is 23.6 Å². The summed E-state index contributed by atoms with van der Waals surface area (Å²) in [7, 11) is 0. The standard InChI is InChI=1S/C18H21N3O5S/c1-2-16-19-15(20-26-16)10-25-14-5-3-12(4-6-14)18(24)21-7-8-27-11-13(21)9-17(22)23/h3-6,13H,2,7-11H2,1H3,(H,22,23). The van der Waals surface area contributed by atoms with E-state index in [0.29, 0.717) is 41.7 Å². The van der Waals surface area contributed by atoms with Crippen LogP contribution in [0.4, 0.5) is 0 Å². The fraction of sp³-hybridized carbons (Fsp3) is 0.444. The summed E-state index contributed by atoms with van der Waals surface area (Å²) in [6.07, 6.45) is 0.631. The molecule has 1 fully saturated rings. The highest BCUT2D eigenvalue weighted by molar-refractivity contribution is 7.99. The Hall–Kier alpha value is -2.55. The largest absolute Gasteiger partial charge is 0.485 e. The summed E-state index contributed by atoms with van der Waals surface area (Å²) < 4.78 is 10.6. The molecule has 1 N–H and O–H groups in total. The summed E-state index contributed by atoms with van der Waals surface area (Å²) in [5.41, 5.74) is 0.512. The number of aliphatic carboxylic acids is 1. The molecule has 9 heteroatoms. The number of carbonyl (C=O) groups excluding carboxylic acids is 1. The minimum absolute atomic E-state index is 0.0373. The van der Waals surface area contributed by atoms with Gasteiger partial charge in [0, 0.05) is 30.0 Å². The van der Waals surface area contributed by atoms with E-state index in [9.17, 15) is 9.59 Å². The second-order valence-corrected chi connectivity index (χ2v) is 7.25. The fourth-order valence-electron chi connectivity index (χ4n) is 2.79. The van der Waals surface area contributed by atoms with Crippen molar-refractivity contribution in [3.8, 4) is 5.75 Å². The van der Waals surface area contributed by atoms with E-state index in [1.54, 1.807) is 40.9 Å². The first-order valence-electron chi connectivity index (χ1n) is 8.71. The van der Waals surface area contributed by atoms with Gasteiger partial charge < -0.3 is 19.3 Å². The molecular formula is C18H21N3O5S. The molecule has 1 saturated heterocycles. The number of hydrogen-bond donors (Lipinski definition) is 1. The number of nitrogens with zero attached hydrogens (tertiary/aromatic N) is 3. The van der Waals surface area contributed by atoms with Crippen molar-refractivity contribution in [3.63, 3.8) is 0 Å². The molecule has 0 saturated carbocycles. The molecule has 8 nitrogen and oxygen atoms in total. The third-order valence-corrected chi connectivity index (χ3v) is 5.27. The van der Waals surface area contributed by atoms with Gasteiger partial charge in [0.2, 0.25) is 11.7 Å². The normalized spacial score (nSPS) is 16.9. The predicted molar refractivity (Wildman–Crippen MR) is 98.9 cm³/mol. The van der Waals surface area contributed by atoms with E-state index in [1.807, 2.05) is 6.92 Å². The van der Waals surface area contributed by atoms with Crippen LogP contribution in [-0.2, 0) is 17.8 Å². The van der Waals surface area contributed by atoms with Gasteiger partial charge in [0.25, 0.3) is 5.91 Å². The Morgan fingerprint density at radius 3 is 2.81 bits per heavy atom. The average Bonchev–Trinajstić information content (AvgIpc) is 3.14. The van der Waals surface area contributed by atoms with E-state index in [0.717, 1.165) is 5.75 Å². The molecule has 3 rings (SSSR count). The van der Waals surface area contributed by atoms with Crippen molar-refractivity contribution in [2.24, 2.45) is 0 Å². The average molecular weight is 391 g/mol. The Bertz CT molecular complexity index is 793. The lowest BCUT2D eigenvalue weighted by atomic mass is 10.1. The quantitative estimate of drug-likeness (QED) is 0.766. The molecule has 1 atom stereocenters. The van der Waals surface area contributed by atoms with Gasteiger partial charge in [-0.1, -0.05) is 12.1 Å². The Morgan fingerprint density at radius 1 is 1.37 bits per heavy atom. The summed E-state index contributed by atoms with van der Waals surface area (Å²) in [5.74, 6) is 2.03. The number of thioether (sulfide) groups is 1. The van der Waals surface area contributed by atoms with Gasteiger partial charge in [0.05, 0.1) is 12.5 Å². The van der Waals surface area contributed by atoms with E-state index in [1.165, 1.54) is 0 Å². The SMILES string of the molecule is CCc1nc(COc2ccc(C(=O)N3CCSCC3CC(=O)O)cc2)no1. The van der Waals surface area contributed by atoms with Gasteiger partial charge in [0.15, 0.2) is 6.61 Å². The van der Waals surface area contributed by atoms with Gasteiger partial charge >= 0.3 is 5.97 Å². The highest BCUT2D eigenvalue weighted by Gasteiger charge is 2.29. The lowest BCUT2D eigenvalue weighted by molar-refractivity contribution is -0.138. The van der Waals surface area contributed by atoms with Crippen LogP contribution in [0.25, 0.3) is 0 Å². The number of amides is 1. The number of carboxylic acids is 1. The van der Waals surface area contributed by atoms with Crippen LogP contribution in [0.15, 0.2) is 28.8 Å². The van der Waals surface area contributed by atoms with Gasteiger partial charge in [-0.15, -0.1) is 0 Å². The fourth-order valence-corrected chi connectivity index (χ4v) is 3.86. The van der Waals surface area contributed by atoms with E-state index >= 15 is 0 Å². The second-order valence-electron chi connectivity index (χ2n) is 6.10. The Morgan fingerprint density at radius 2 is 2.15 bits per heavy atom. The lowest BCUT2D eigenvalue weighted by Crippen LogP contribution is -2.47. The molecule has 0 radical (unpaired) electrons. The molecule has 0 spiro atoms. The summed E-state index contributed by atoms with van der Waals surface area (Å²) in [6.45, 7) is 2.66. The van der Waals surface area contributed by atoms with Crippen molar-refractivity contribution in [2.45, 2.75) is 32.4 Å². The number of carboxylic acid groups (broad SMARTS) is 1. The molecule has 1 amide bonds. The maximum absolute atomic E-state index is 12.8. The molecule has 1 aromatic heterocycles. The Labute approximate surface area is 160 Å². The summed E-state index contributed by atoms with van der Waals surface area (Å²) >= 11 is 1.67. The zero-order chi connectivity index (χ0) is 19.2. The maximum Gasteiger partial charge on any atom is 0.305 e. The third kappa shape index (κ3) is 5.00. The van der Waals surface area contributed by atoms with Crippen molar-refractivity contribution < 1.29 is 24.0 Å². The minimum Gasteiger partial charge on any atom is -0.485 e. The van der Waals surface area contributed by atoms with Gasteiger partial charge in [-0.2, -0.15) is 16.7 Å². The van der Waals surface area contributed by atoms with Gasteiger partial charge in [-0.25, -0.2) is 0 Å². The number of hydrogen-bond acceptors (Lipinski definition) is 7. The van der Waals surface area contributed by atoms with Crippen molar-refractivity contribution in [1.29, 1.82) is 0 Å². The minimum atomic E-state index is -0.892. The number of benzene rings is 1. The molecule has 1 aliphatic rings. The van der Waals surface area contributed by atoms with E-state index in [4.69, 9.17) is 14.4 Å². The zero-order valence-electron chi connectivity index (χ0n) is 15.0. The van der Waals surface area contributed by atoms with Crippen molar-refractivity contribution in [1.82, 2.24) is 15.0 Å². The highest BCUT2D eigenvalue weighted by Crippen LogP contribution is 2.22. The van der Waals surface area contributed by atoms with Crippen LogP contribution < -0.4 is 4.74 Å². The third-order valence-electron chi connectivity index (χ3n) is 4.18. The second kappa shape index (κ2) is 8.90. The van der Waals surface area contributed by atoms with Crippen LogP contribution >= 0.6 is 11.8 Å². The first kappa shape index (κ1) is 19.2. The first-order chi connectivity index (χ1) is 13.1. The first-order valence-corrected chi connectivity index (χ1v) is 9.87. The molecule has 1 unspecified atom stereocenters. The molecule has 2 aromatic rings. The lowest BCUT2D eigenvalue weighted by Gasteiger charge is -2.34. The Balaban J connectivity index is 1.61. The Kier molecular flexibility index (Phi) is 6.33. The number of ether oxygens (including phenoxy) is 1. The number of carbonyl (C=O) groups is 2. The van der Waals surface area contributed by atoms with Gasteiger partial charge in [-0.3, -0.25) is 9.59 Å². The molecule has 0 bridgehead atoms. The van der Waals surface area contributed by atoms with Crippen LogP contribution in [0.1, 0.15) is 35.4 Å². The maximum atomic E-state index is 12.8. The zero-order valence-corrected chi connectivity index (χ0v) is 15.8. The molecule has 2 heterocycles. The van der Waals surface area contributed by atoms with Gasteiger partial charge in [-0.05, 0) is 24.3 Å². The van der Waals surface area contributed by atoms with Crippen LogP contribution in [-0.4, -0.2) is 56.1 Å². The summed E-state index contributed by atoms with van der Waals surface area (Å²) in [4.78, 5) is 29.6. The molecule has 1 aliphatic heterocycles. The van der Waals surface area contributed by atoms with Crippen LogP contribution in [0.5, 0.6) is 5.75 Å². The smallest absolute Gasteiger partial charge is 0.305 e. The summed E-state index contributed by atoms with van der Waals surface area (Å²) in [5, 5.41) is 12.9. The van der Waals surface area contributed by atoms with Crippen LogP contribution in [0, 0.1) is 0 Å². The molecule has 144 valence electrons. The monoisotopic (exact) mass is 391 g/mol. The van der Waals surface area contributed by atoms with E-state index < -0.39 is 5.97 Å². The van der Waals surface area contributed by atoms with E-state index in [-0.39, 0.29) is 25.0 Å². The molecule has 1 aromatic carbocycles. The summed E-state index contributed by atoms with van der Waals surface area (Å²) in [6, 6.07) is 6.50. The van der Waals surface area contributed by atoms with Crippen molar-refractivity contribution in [2.75, 3.05) is 18.1 Å². The topological polar surface area (TPSA) is 106 Å². The van der Waals surface area contributed by atoms with E-state index in [2.05, 4.69) is 10.1 Å². The van der Waals surface area contributed by atoms with Gasteiger partial charge in [0.1, 0.15) is 5.75 Å². The molecule has 27 heavy (non-hydrogen) atoms.